The number of hydrogen-bond acceptors (Lipinski definition) is 5. The summed E-state index contributed by atoms with van der Waals surface area (Å²) in [4.78, 5) is 12.9. The van der Waals surface area contributed by atoms with E-state index in [-0.39, 0.29) is 10.6 Å². The van der Waals surface area contributed by atoms with Gasteiger partial charge < -0.3 is 4.74 Å². The Balaban J connectivity index is 1.44. The van der Waals surface area contributed by atoms with Crippen LogP contribution in [0.15, 0.2) is 48.7 Å². The fraction of sp³-hybridized carbons (Fsp3) is 0.381. The Morgan fingerprint density at radius 1 is 1.07 bits per heavy atom. The summed E-state index contributed by atoms with van der Waals surface area (Å²) in [5.41, 5.74) is 2.05. The lowest BCUT2D eigenvalue weighted by Crippen LogP contribution is -2.33. The van der Waals surface area contributed by atoms with Gasteiger partial charge in [0.05, 0.1) is 28.6 Å². The summed E-state index contributed by atoms with van der Waals surface area (Å²) < 4.78 is 7.95. The number of nitrogens with zero attached hydrogens (tertiary/aromatic N) is 4. The van der Waals surface area contributed by atoms with Crippen molar-refractivity contribution in [2.45, 2.75) is 25.8 Å². The number of nitro benzene ring substituents is 1. The molecule has 1 aliphatic heterocycles. The number of piperidine rings is 1. The molecule has 0 aliphatic carbocycles. The molecule has 0 amide bonds. The first-order valence-electron chi connectivity index (χ1n) is 9.74. The van der Waals surface area contributed by atoms with Crippen LogP contribution in [-0.4, -0.2) is 45.8 Å². The fourth-order valence-electron chi connectivity index (χ4n) is 3.69. The molecule has 2 aromatic carbocycles. The Hall–Kier alpha value is -2.93. The highest BCUT2D eigenvalue weighted by Crippen LogP contribution is 2.26. The molecule has 0 unspecified atom stereocenters. The fourth-order valence-corrected chi connectivity index (χ4v) is 3.69. The van der Waals surface area contributed by atoms with E-state index in [0.717, 1.165) is 28.8 Å². The average Bonchev–Trinajstić information content (AvgIpc) is 3.13. The van der Waals surface area contributed by atoms with Crippen LogP contribution in [0.1, 0.15) is 24.8 Å². The summed E-state index contributed by atoms with van der Waals surface area (Å²) in [5.74, 6) is 0.851. The van der Waals surface area contributed by atoms with Crippen LogP contribution in [-0.2, 0) is 6.54 Å². The molecule has 0 saturated carbocycles. The molecule has 1 fully saturated rings. The van der Waals surface area contributed by atoms with Gasteiger partial charge in [0.1, 0.15) is 12.4 Å². The van der Waals surface area contributed by atoms with E-state index in [1.165, 1.54) is 44.5 Å². The van der Waals surface area contributed by atoms with Crippen molar-refractivity contribution in [1.29, 1.82) is 0 Å². The number of rotatable bonds is 7. The molecule has 7 heteroatoms. The van der Waals surface area contributed by atoms with Gasteiger partial charge in [0.15, 0.2) is 0 Å². The molecule has 7 nitrogen and oxygen atoms in total. The van der Waals surface area contributed by atoms with Crippen LogP contribution >= 0.6 is 0 Å². The van der Waals surface area contributed by atoms with Gasteiger partial charge in [-0.2, -0.15) is 5.10 Å². The minimum Gasteiger partial charge on any atom is -0.491 e. The Morgan fingerprint density at radius 2 is 1.86 bits per heavy atom. The highest BCUT2D eigenvalue weighted by Gasteiger charge is 2.12. The van der Waals surface area contributed by atoms with E-state index in [4.69, 9.17) is 4.74 Å². The first-order chi connectivity index (χ1) is 13.7. The van der Waals surface area contributed by atoms with Gasteiger partial charge in [-0.05, 0) is 43.6 Å². The van der Waals surface area contributed by atoms with Gasteiger partial charge in [-0.1, -0.05) is 24.6 Å². The number of benzene rings is 2. The maximum Gasteiger partial charge on any atom is 0.269 e. The van der Waals surface area contributed by atoms with Crippen LogP contribution in [0.2, 0.25) is 0 Å². The van der Waals surface area contributed by atoms with Crippen LogP contribution in [0.3, 0.4) is 0 Å². The molecule has 3 aromatic rings. The topological polar surface area (TPSA) is 73.4 Å². The first-order valence-corrected chi connectivity index (χ1v) is 9.74. The Bertz CT molecular complexity index is 946. The number of fused-ring (bicyclic) bond motifs is 1. The molecule has 0 bridgehead atoms. The van der Waals surface area contributed by atoms with Crippen molar-refractivity contribution in [3.63, 3.8) is 0 Å². The minimum absolute atomic E-state index is 0.0958. The Labute approximate surface area is 163 Å². The van der Waals surface area contributed by atoms with E-state index in [1.807, 2.05) is 29.1 Å². The van der Waals surface area contributed by atoms with Gasteiger partial charge in [0, 0.05) is 18.7 Å². The Kier molecular flexibility index (Phi) is 5.53. The average molecular weight is 380 g/mol. The highest BCUT2D eigenvalue weighted by atomic mass is 16.6. The van der Waals surface area contributed by atoms with Crippen molar-refractivity contribution in [2.75, 3.05) is 26.2 Å². The lowest BCUT2D eigenvalue weighted by atomic mass is 10.1. The third-order valence-corrected chi connectivity index (χ3v) is 5.24. The third kappa shape index (κ3) is 4.14. The van der Waals surface area contributed by atoms with Crippen molar-refractivity contribution in [1.82, 2.24) is 14.7 Å². The SMILES string of the molecule is O=[N+]([O-])c1ccc(Cn2ncc3c(OCCN4CCCCC4)cccc32)cc1. The summed E-state index contributed by atoms with van der Waals surface area (Å²) in [7, 11) is 0. The molecular weight excluding hydrogens is 356 g/mol. The van der Waals surface area contributed by atoms with Crippen LogP contribution < -0.4 is 4.74 Å². The smallest absolute Gasteiger partial charge is 0.269 e. The molecule has 1 aliphatic rings. The lowest BCUT2D eigenvalue weighted by molar-refractivity contribution is -0.384. The van der Waals surface area contributed by atoms with Gasteiger partial charge in [-0.25, -0.2) is 0 Å². The van der Waals surface area contributed by atoms with Gasteiger partial charge in [-0.3, -0.25) is 19.7 Å². The quantitative estimate of drug-likeness (QED) is 0.460. The molecule has 28 heavy (non-hydrogen) atoms. The molecule has 146 valence electrons. The van der Waals surface area contributed by atoms with E-state index in [9.17, 15) is 10.1 Å². The van der Waals surface area contributed by atoms with E-state index in [0.29, 0.717) is 13.2 Å². The van der Waals surface area contributed by atoms with E-state index in [1.54, 1.807) is 12.1 Å². The number of hydrogen-bond donors (Lipinski definition) is 0. The summed E-state index contributed by atoms with van der Waals surface area (Å²) in [6.45, 7) is 4.51. The van der Waals surface area contributed by atoms with Crippen LogP contribution in [0, 0.1) is 10.1 Å². The molecule has 1 saturated heterocycles. The Morgan fingerprint density at radius 3 is 2.61 bits per heavy atom. The number of non-ortho nitro benzene ring substituents is 1. The predicted octanol–water partition coefficient (Wildman–Crippen LogP) is 3.86. The molecule has 2 heterocycles. The minimum atomic E-state index is -0.388. The largest absolute Gasteiger partial charge is 0.491 e. The molecular formula is C21H24N4O3. The standard InChI is InChI=1S/C21H24N4O3/c26-25(27)18-9-7-17(8-10-18)16-24-20-5-4-6-21(19(20)15-22-24)28-14-13-23-11-2-1-3-12-23/h4-10,15H,1-3,11-14,16H2. The van der Waals surface area contributed by atoms with Crippen molar-refractivity contribution in [3.05, 3.63) is 64.3 Å². The first kappa shape index (κ1) is 18.4. The zero-order chi connectivity index (χ0) is 19.3. The van der Waals surface area contributed by atoms with E-state index < -0.39 is 0 Å². The molecule has 0 spiro atoms. The summed E-state index contributed by atoms with van der Waals surface area (Å²) in [6, 6.07) is 12.6. The van der Waals surface area contributed by atoms with Crippen LogP contribution in [0.5, 0.6) is 5.75 Å². The van der Waals surface area contributed by atoms with E-state index in [2.05, 4.69) is 10.00 Å². The number of ether oxygens (including phenoxy) is 1. The van der Waals surface area contributed by atoms with Crippen molar-refractivity contribution < 1.29 is 9.66 Å². The summed E-state index contributed by atoms with van der Waals surface area (Å²) in [5, 5.41) is 16.3. The normalized spacial score (nSPS) is 15.0. The molecule has 4 rings (SSSR count). The number of likely N-dealkylation sites (tertiary alicyclic amines) is 1. The van der Waals surface area contributed by atoms with Crippen molar-refractivity contribution >= 4 is 16.6 Å². The monoisotopic (exact) mass is 380 g/mol. The predicted molar refractivity (Wildman–Crippen MR) is 108 cm³/mol. The van der Waals surface area contributed by atoms with Crippen LogP contribution in [0.25, 0.3) is 10.9 Å². The maximum absolute atomic E-state index is 10.8. The molecule has 1 aromatic heterocycles. The molecule has 0 N–H and O–H groups in total. The van der Waals surface area contributed by atoms with Crippen molar-refractivity contribution in [2.24, 2.45) is 0 Å². The maximum atomic E-state index is 10.8. The molecule has 0 radical (unpaired) electrons. The third-order valence-electron chi connectivity index (χ3n) is 5.24. The van der Waals surface area contributed by atoms with Gasteiger partial charge in [0.25, 0.3) is 5.69 Å². The molecule has 0 atom stereocenters. The second-order valence-electron chi connectivity index (χ2n) is 7.17. The number of aromatic nitrogens is 2. The van der Waals surface area contributed by atoms with Crippen molar-refractivity contribution in [3.8, 4) is 5.75 Å². The van der Waals surface area contributed by atoms with Gasteiger partial charge >= 0.3 is 0 Å². The van der Waals surface area contributed by atoms with E-state index >= 15 is 0 Å². The highest BCUT2D eigenvalue weighted by molar-refractivity contribution is 5.85. The van der Waals surface area contributed by atoms with Gasteiger partial charge in [0.2, 0.25) is 0 Å². The van der Waals surface area contributed by atoms with Crippen LogP contribution in [0.4, 0.5) is 5.69 Å². The second-order valence-corrected chi connectivity index (χ2v) is 7.17. The zero-order valence-electron chi connectivity index (χ0n) is 15.8. The zero-order valence-corrected chi connectivity index (χ0v) is 15.8. The lowest BCUT2D eigenvalue weighted by Gasteiger charge is -2.26. The second kappa shape index (κ2) is 8.39. The summed E-state index contributed by atoms with van der Waals surface area (Å²) >= 11 is 0. The summed E-state index contributed by atoms with van der Waals surface area (Å²) in [6.07, 6.45) is 5.73. The number of nitro groups is 1. The van der Waals surface area contributed by atoms with Gasteiger partial charge in [-0.15, -0.1) is 0 Å².